The summed E-state index contributed by atoms with van der Waals surface area (Å²) < 4.78 is 11.0. The Morgan fingerprint density at radius 1 is 1.30 bits per heavy atom. The van der Waals surface area contributed by atoms with E-state index in [9.17, 15) is 4.79 Å². The molecule has 0 amide bonds. The van der Waals surface area contributed by atoms with Crippen molar-refractivity contribution < 1.29 is 13.9 Å². The Kier molecular flexibility index (Phi) is 4.48. The van der Waals surface area contributed by atoms with E-state index in [-0.39, 0.29) is 12.1 Å². The fourth-order valence-corrected chi connectivity index (χ4v) is 2.60. The first kappa shape index (κ1) is 14.6. The molecule has 0 bridgehead atoms. The van der Waals surface area contributed by atoms with Gasteiger partial charge in [-0.25, -0.2) is 0 Å². The second-order valence-electron chi connectivity index (χ2n) is 5.62. The Morgan fingerprint density at radius 2 is 2.05 bits per heavy atom. The summed E-state index contributed by atoms with van der Waals surface area (Å²) in [6, 6.07) is 0. The van der Waals surface area contributed by atoms with E-state index in [1.807, 2.05) is 12.3 Å². The molecule has 1 atom stereocenters. The molecule has 1 aliphatic rings. The molecule has 0 fully saturated rings. The maximum absolute atomic E-state index is 11.2. The Bertz CT molecular complexity index is 561. The first-order chi connectivity index (χ1) is 9.45. The van der Waals surface area contributed by atoms with Crippen LogP contribution in [-0.4, -0.2) is 12.1 Å². The third-order valence-corrected chi connectivity index (χ3v) is 3.60. The highest BCUT2D eigenvalue weighted by Crippen LogP contribution is 2.24. The average Bonchev–Trinajstić information content (AvgIpc) is 2.66. The molecule has 1 aromatic heterocycles. The molecule has 108 valence electrons. The molecule has 2 rings (SSSR count). The zero-order valence-corrected chi connectivity index (χ0v) is 12.7. The molecule has 3 nitrogen and oxygen atoms in total. The van der Waals surface area contributed by atoms with Gasteiger partial charge in [0.1, 0.15) is 11.9 Å². The van der Waals surface area contributed by atoms with E-state index in [1.54, 1.807) is 0 Å². The molecule has 1 aromatic rings. The lowest BCUT2D eigenvalue weighted by molar-refractivity contribution is -0.144. The molecule has 0 saturated heterocycles. The van der Waals surface area contributed by atoms with Gasteiger partial charge in [-0.15, -0.1) is 0 Å². The molecular formula is C17H22O3. The zero-order chi connectivity index (χ0) is 14.7. The van der Waals surface area contributed by atoms with E-state index < -0.39 is 0 Å². The Balaban J connectivity index is 2.33. The van der Waals surface area contributed by atoms with Gasteiger partial charge in [0.25, 0.3) is 0 Å². The van der Waals surface area contributed by atoms with E-state index in [0.717, 1.165) is 25.0 Å². The van der Waals surface area contributed by atoms with Crippen molar-refractivity contribution in [3.63, 3.8) is 0 Å². The molecule has 3 heteroatoms. The number of fused-ring (bicyclic) bond motifs is 1. The highest BCUT2D eigenvalue weighted by molar-refractivity contribution is 5.66. The number of furan rings is 1. The molecule has 1 aliphatic carbocycles. The number of rotatable bonds is 1. The van der Waals surface area contributed by atoms with Gasteiger partial charge < -0.3 is 9.15 Å². The van der Waals surface area contributed by atoms with Gasteiger partial charge in [-0.2, -0.15) is 0 Å². The summed E-state index contributed by atoms with van der Waals surface area (Å²) in [4.78, 5) is 11.2. The lowest BCUT2D eigenvalue weighted by Crippen LogP contribution is -2.15. The van der Waals surface area contributed by atoms with Crippen LogP contribution in [0.3, 0.4) is 0 Å². The Labute approximate surface area is 120 Å². The highest BCUT2D eigenvalue weighted by atomic mass is 16.5. The fourth-order valence-electron chi connectivity index (χ4n) is 2.60. The Morgan fingerprint density at radius 3 is 2.75 bits per heavy atom. The fraction of sp³-hybridized carbons (Fsp3) is 0.471. The molecule has 0 N–H and O–H groups in total. The summed E-state index contributed by atoms with van der Waals surface area (Å²) in [6.07, 6.45) is 8.28. The summed E-state index contributed by atoms with van der Waals surface area (Å²) in [7, 11) is 0. The molecule has 0 spiro atoms. The van der Waals surface area contributed by atoms with Crippen molar-refractivity contribution in [2.24, 2.45) is 0 Å². The quantitative estimate of drug-likeness (QED) is 0.576. The van der Waals surface area contributed by atoms with E-state index in [2.05, 4.69) is 26.8 Å². The van der Waals surface area contributed by atoms with Gasteiger partial charge in [-0.3, -0.25) is 4.79 Å². The second-order valence-corrected chi connectivity index (χ2v) is 5.62. The molecule has 0 unspecified atom stereocenters. The maximum Gasteiger partial charge on any atom is 0.303 e. The normalized spacial score (nSPS) is 24.9. The first-order valence-corrected chi connectivity index (χ1v) is 7.01. The van der Waals surface area contributed by atoms with Crippen LogP contribution in [-0.2, 0) is 22.4 Å². The number of esters is 1. The summed E-state index contributed by atoms with van der Waals surface area (Å²) in [5.74, 6) is 0.780. The first-order valence-electron chi connectivity index (χ1n) is 7.01. The molecule has 20 heavy (non-hydrogen) atoms. The minimum atomic E-state index is -0.238. The van der Waals surface area contributed by atoms with Gasteiger partial charge in [0.05, 0.1) is 6.26 Å². The highest BCUT2D eigenvalue weighted by Gasteiger charge is 2.16. The predicted octanol–water partition coefficient (Wildman–Crippen LogP) is 3.90. The van der Waals surface area contributed by atoms with Gasteiger partial charge in [0, 0.05) is 25.3 Å². The lowest BCUT2D eigenvalue weighted by atomic mass is 9.97. The van der Waals surface area contributed by atoms with Crippen molar-refractivity contribution in [1.82, 2.24) is 0 Å². The zero-order valence-electron chi connectivity index (χ0n) is 12.7. The summed E-state index contributed by atoms with van der Waals surface area (Å²) in [5.41, 5.74) is 4.88. The number of allylic oxidation sites excluding steroid dienone is 2. The van der Waals surface area contributed by atoms with Crippen molar-refractivity contribution in [2.75, 3.05) is 0 Å². The third-order valence-electron chi connectivity index (χ3n) is 3.60. The van der Waals surface area contributed by atoms with Crippen LogP contribution in [0.2, 0.25) is 0 Å². The average molecular weight is 274 g/mol. The molecular weight excluding hydrogens is 252 g/mol. The van der Waals surface area contributed by atoms with E-state index >= 15 is 0 Å². The van der Waals surface area contributed by atoms with Crippen LogP contribution in [0.1, 0.15) is 44.1 Å². The number of hydrogen-bond donors (Lipinski definition) is 0. The van der Waals surface area contributed by atoms with Crippen molar-refractivity contribution >= 4 is 5.97 Å². The van der Waals surface area contributed by atoms with E-state index in [1.165, 1.54) is 29.2 Å². The van der Waals surface area contributed by atoms with Crippen molar-refractivity contribution in [3.05, 3.63) is 46.4 Å². The van der Waals surface area contributed by atoms with Gasteiger partial charge >= 0.3 is 5.97 Å². The van der Waals surface area contributed by atoms with Crippen LogP contribution in [0.4, 0.5) is 0 Å². The third kappa shape index (κ3) is 3.62. The molecule has 0 aromatic carbocycles. The Hall–Kier alpha value is -1.77. The largest absolute Gasteiger partial charge is 0.468 e. The van der Waals surface area contributed by atoms with Crippen LogP contribution in [0.25, 0.3) is 0 Å². The van der Waals surface area contributed by atoms with Gasteiger partial charge in [0.15, 0.2) is 0 Å². The van der Waals surface area contributed by atoms with Gasteiger partial charge in [0.2, 0.25) is 0 Å². The number of ether oxygens (including phenoxy) is 1. The summed E-state index contributed by atoms with van der Waals surface area (Å²) in [5, 5.41) is 0. The minimum Gasteiger partial charge on any atom is -0.468 e. The smallest absolute Gasteiger partial charge is 0.303 e. The van der Waals surface area contributed by atoms with Crippen LogP contribution in [0.15, 0.2) is 34.0 Å². The standard InChI is InChI=1S/C17H22O3/c1-11-5-6-16-13(3)10-19-17(16)9-12(2)8-15(7-11)20-14(4)18/h5,8,10,15H,6-7,9H2,1-4H3/b11-5-,12-8-/t15-/m1/s1. The lowest BCUT2D eigenvalue weighted by Gasteiger charge is -2.16. The van der Waals surface area contributed by atoms with E-state index in [4.69, 9.17) is 9.15 Å². The SMILES string of the molecule is CC(=O)O[C@H]1/C=C(/C)Cc2occ(C)c2C/C=C(/C)C1. The summed E-state index contributed by atoms with van der Waals surface area (Å²) in [6.45, 7) is 7.67. The van der Waals surface area contributed by atoms with Crippen molar-refractivity contribution in [2.45, 2.75) is 53.1 Å². The topological polar surface area (TPSA) is 39.4 Å². The van der Waals surface area contributed by atoms with Gasteiger partial charge in [-0.1, -0.05) is 17.2 Å². The number of hydrogen-bond acceptors (Lipinski definition) is 3. The number of carbonyl (C=O) groups excluding carboxylic acids is 1. The summed E-state index contributed by atoms with van der Waals surface area (Å²) >= 11 is 0. The van der Waals surface area contributed by atoms with Gasteiger partial charge in [-0.05, 0) is 38.8 Å². The minimum absolute atomic E-state index is 0.179. The monoisotopic (exact) mass is 274 g/mol. The molecule has 0 radical (unpaired) electrons. The van der Waals surface area contributed by atoms with Crippen LogP contribution >= 0.6 is 0 Å². The van der Waals surface area contributed by atoms with Crippen LogP contribution in [0, 0.1) is 6.92 Å². The molecule has 1 heterocycles. The van der Waals surface area contributed by atoms with Crippen LogP contribution in [0.5, 0.6) is 0 Å². The van der Waals surface area contributed by atoms with Crippen molar-refractivity contribution in [3.8, 4) is 0 Å². The maximum atomic E-state index is 11.2. The second kappa shape index (κ2) is 6.12. The van der Waals surface area contributed by atoms with Crippen molar-refractivity contribution in [1.29, 1.82) is 0 Å². The molecule has 0 saturated carbocycles. The predicted molar refractivity (Wildman–Crippen MR) is 78.5 cm³/mol. The molecule has 0 aliphatic heterocycles. The number of aryl methyl sites for hydroxylation is 1. The number of carbonyl (C=O) groups is 1. The van der Waals surface area contributed by atoms with Crippen LogP contribution < -0.4 is 0 Å². The van der Waals surface area contributed by atoms with E-state index in [0.29, 0.717) is 0 Å².